The molecule has 1 fully saturated rings. The van der Waals surface area contributed by atoms with Crippen molar-refractivity contribution < 1.29 is 13.6 Å². The fraction of sp³-hybridized carbons (Fsp3) is 0.357. The summed E-state index contributed by atoms with van der Waals surface area (Å²) in [6.45, 7) is 6.84. The fourth-order valence-corrected chi connectivity index (χ4v) is 5.19. The van der Waals surface area contributed by atoms with E-state index in [9.17, 15) is 18.4 Å². The van der Waals surface area contributed by atoms with Gasteiger partial charge in [-0.1, -0.05) is 19.9 Å². The van der Waals surface area contributed by atoms with E-state index in [1.165, 1.54) is 12.1 Å². The molecule has 2 aromatic heterocycles. The average molecular weight is 551 g/mol. The normalized spacial score (nSPS) is 15.4. The largest absolute Gasteiger partial charge is 0.366 e. The number of anilines is 2. The molecule has 0 unspecified atom stereocenters. The van der Waals surface area contributed by atoms with E-state index >= 15 is 0 Å². The lowest BCUT2D eigenvalue weighted by atomic mass is 10.2. The second kappa shape index (κ2) is 11.1. The third-order valence-electron chi connectivity index (χ3n) is 7.09. The minimum atomic E-state index is -0.970. The van der Waals surface area contributed by atoms with Gasteiger partial charge in [-0.15, -0.1) is 0 Å². The Bertz CT molecular complexity index is 1610. The SMILES string of the molecule is CC(C)c1nc2c(N3CC[C@@H](NCCN)C3)c(NC(=O)c3ccc(=O)n(-c4c(F)cccc4F)n3)ccc2n1C. The van der Waals surface area contributed by atoms with Crippen molar-refractivity contribution in [3.8, 4) is 5.69 Å². The summed E-state index contributed by atoms with van der Waals surface area (Å²) in [6, 6.07) is 9.45. The Morgan fingerprint density at radius 1 is 1.12 bits per heavy atom. The molecule has 1 aliphatic heterocycles. The molecule has 4 aromatic rings. The quantitative estimate of drug-likeness (QED) is 0.308. The number of hydrogen-bond acceptors (Lipinski definition) is 7. The maximum Gasteiger partial charge on any atom is 0.276 e. The van der Waals surface area contributed by atoms with Crippen molar-refractivity contribution in [3.63, 3.8) is 0 Å². The Morgan fingerprint density at radius 3 is 2.58 bits per heavy atom. The van der Waals surface area contributed by atoms with Crippen LogP contribution < -0.4 is 26.8 Å². The number of nitrogens with one attached hydrogen (secondary N) is 2. The molecule has 1 saturated heterocycles. The lowest BCUT2D eigenvalue weighted by Gasteiger charge is -2.23. The van der Waals surface area contributed by atoms with Crippen molar-refractivity contribution in [2.24, 2.45) is 12.8 Å². The molecule has 0 aliphatic carbocycles. The summed E-state index contributed by atoms with van der Waals surface area (Å²) in [5.74, 6) is -1.48. The molecule has 12 heteroatoms. The Kier molecular flexibility index (Phi) is 7.63. The lowest BCUT2D eigenvalue weighted by molar-refractivity contribution is 0.102. The predicted molar refractivity (Wildman–Crippen MR) is 150 cm³/mol. The highest BCUT2D eigenvalue weighted by atomic mass is 19.1. The first kappa shape index (κ1) is 27.4. The maximum atomic E-state index is 14.4. The number of carbonyl (C=O) groups excluding carboxylic acids is 1. The van der Waals surface area contributed by atoms with Gasteiger partial charge in [0.2, 0.25) is 0 Å². The van der Waals surface area contributed by atoms with Gasteiger partial charge in [0.25, 0.3) is 11.5 Å². The van der Waals surface area contributed by atoms with Crippen LogP contribution in [0.1, 0.15) is 42.5 Å². The van der Waals surface area contributed by atoms with Crippen LogP contribution in [0.25, 0.3) is 16.7 Å². The van der Waals surface area contributed by atoms with Crippen molar-refractivity contribution in [1.29, 1.82) is 0 Å². The number of fused-ring (bicyclic) bond motifs is 1. The number of aromatic nitrogens is 4. The van der Waals surface area contributed by atoms with Gasteiger partial charge >= 0.3 is 0 Å². The standard InChI is InChI=1S/C28H32F2N8O2/c1-16(2)27-34-24-22(36(27)3)9-7-20(26(24)37-14-11-17(15-37)32-13-12-31)33-28(40)21-8-10-23(39)38(35-21)25-18(29)5-4-6-19(25)30/h4-10,16-17,32H,11-15,31H2,1-3H3,(H,33,40)/t17-/m1/s1. The van der Waals surface area contributed by atoms with Crippen LogP contribution >= 0.6 is 0 Å². The Balaban J connectivity index is 1.54. The van der Waals surface area contributed by atoms with Crippen LogP contribution in [0.4, 0.5) is 20.2 Å². The molecule has 1 aliphatic rings. The minimum absolute atomic E-state index is 0.180. The minimum Gasteiger partial charge on any atom is -0.366 e. The zero-order chi connectivity index (χ0) is 28.6. The van der Waals surface area contributed by atoms with Gasteiger partial charge in [0.1, 0.15) is 22.7 Å². The molecule has 2 aromatic carbocycles. The summed E-state index contributed by atoms with van der Waals surface area (Å²) in [5.41, 5.74) is 7.06. The first-order valence-electron chi connectivity index (χ1n) is 13.2. The molecule has 5 rings (SSSR count). The van der Waals surface area contributed by atoms with Crippen LogP contribution in [0.3, 0.4) is 0 Å². The molecule has 10 nitrogen and oxygen atoms in total. The number of imidazole rings is 1. The zero-order valence-corrected chi connectivity index (χ0v) is 22.6. The van der Waals surface area contributed by atoms with Gasteiger partial charge in [0.15, 0.2) is 11.6 Å². The van der Waals surface area contributed by atoms with Crippen LogP contribution in [0.2, 0.25) is 0 Å². The third-order valence-corrected chi connectivity index (χ3v) is 7.09. The summed E-state index contributed by atoms with van der Waals surface area (Å²) in [4.78, 5) is 33.0. The maximum absolute atomic E-state index is 14.4. The van der Waals surface area contributed by atoms with Crippen LogP contribution in [-0.4, -0.2) is 57.5 Å². The molecule has 0 spiro atoms. The molecule has 0 bridgehead atoms. The summed E-state index contributed by atoms with van der Waals surface area (Å²) in [7, 11) is 1.97. The molecule has 210 valence electrons. The van der Waals surface area contributed by atoms with Gasteiger partial charge in [-0.25, -0.2) is 13.8 Å². The average Bonchev–Trinajstić information content (AvgIpc) is 3.52. The van der Waals surface area contributed by atoms with Crippen molar-refractivity contribution in [2.75, 3.05) is 36.4 Å². The number of rotatable bonds is 8. The smallest absolute Gasteiger partial charge is 0.276 e. The predicted octanol–water partition coefficient (Wildman–Crippen LogP) is 2.90. The van der Waals surface area contributed by atoms with Crippen LogP contribution in [0.5, 0.6) is 0 Å². The monoisotopic (exact) mass is 550 g/mol. The van der Waals surface area contributed by atoms with E-state index in [1.54, 1.807) is 0 Å². The van der Waals surface area contributed by atoms with Crippen molar-refractivity contribution in [2.45, 2.75) is 32.2 Å². The molecule has 1 atom stereocenters. The summed E-state index contributed by atoms with van der Waals surface area (Å²) < 4.78 is 31.4. The molecule has 0 radical (unpaired) electrons. The molecule has 4 N–H and O–H groups in total. The van der Waals surface area contributed by atoms with Gasteiger partial charge in [-0.2, -0.15) is 9.78 Å². The summed E-state index contributed by atoms with van der Waals surface area (Å²) in [6.07, 6.45) is 0.897. The zero-order valence-electron chi connectivity index (χ0n) is 22.6. The Hall–Kier alpha value is -4.16. The number of nitrogens with two attached hydrogens (primary N) is 1. The van der Waals surface area contributed by atoms with E-state index in [-0.39, 0.29) is 17.7 Å². The molecule has 3 heterocycles. The van der Waals surface area contributed by atoms with Crippen LogP contribution in [-0.2, 0) is 7.05 Å². The number of aryl methyl sites for hydroxylation is 1. The Morgan fingerprint density at radius 2 is 1.88 bits per heavy atom. The van der Waals surface area contributed by atoms with E-state index in [1.807, 2.05) is 19.2 Å². The molecule has 0 saturated carbocycles. The summed E-state index contributed by atoms with van der Waals surface area (Å²) >= 11 is 0. The number of amides is 1. The van der Waals surface area contributed by atoms with E-state index in [2.05, 4.69) is 39.0 Å². The molecular formula is C28H32F2N8O2. The number of para-hydroxylation sites is 1. The van der Waals surface area contributed by atoms with Crippen LogP contribution in [0, 0.1) is 11.6 Å². The van der Waals surface area contributed by atoms with Gasteiger partial charge in [0, 0.05) is 51.3 Å². The van der Waals surface area contributed by atoms with Crippen molar-refractivity contribution >= 4 is 28.3 Å². The third kappa shape index (κ3) is 5.07. The van der Waals surface area contributed by atoms with E-state index in [4.69, 9.17) is 10.7 Å². The summed E-state index contributed by atoms with van der Waals surface area (Å²) in [5, 5.41) is 10.4. The van der Waals surface area contributed by atoms with Crippen molar-refractivity contribution in [3.05, 3.63) is 76.0 Å². The van der Waals surface area contributed by atoms with Gasteiger partial charge < -0.3 is 25.8 Å². The first-order chi connectivity index (χ1) is 19.2. The topological polar surface area (TPSA) is 123 Å². The lowest BCUT2D eigenvalue weighted by Crippen LogP contribution is -2.36. The van der Waals surface area contributed by atoms with Gasteiger partial charge in [-0.05, 0) is 36.8 Å². The number of nitrogens with zero attached hydrogens (tertiary/aromatic N) is 5. The second-order valence-corrected chi connectivity index (χ2v) is 10.2. The number of hydrogen-bond donors (Lipinski definition) is 3. The van der Waals surface area contributed by atoms with E-state index in [0.717, 1.165) is 53.7 Å². The number of carbonyl (C=O) groups is 1. The molecular weight excluding hydrogens is 518 g/mol. The van der Waals surface area contributed by atoms with Gasteiger partial charge in [-0.3, -0.25) is 9.59 Å². The first-order valence-corrected chi connectivity index (χ1v) is 13.2. The highest BCUT2D eigenvalue weighted by molar-refractivity contribution is 6.08. The highest BCUT2D eigenvalue weighted by Gasteiger charge is 2.28. The van der Waals surface area contributed by atoms with E-state index < -0.39 is 28.8 Å². The number of benzene rings is 2. The highest BCUT2D eigenvalue weighted by Crippen LogP contribution is 2.37. The van der Waals surface area contributed by atoms with Crippen LogP contribution in [0.15, 0.2) is 47.3 Å². The second-order valence-electron chi connectivity index (χ2n) is 10.2. The van der Waals surface area contributed by atoms with Gasteiger partial charge in [0.05, 0.1) is 16.9 Å². The van der Waals surface area contributed by atoms with E-state index in [0.29, 0.717) is 30.0 Å². The fourth-order valence-electron chi connectivity index (χ4n) is 5.19. The number of halogens is 2. The molecule has 1 amide bonds. The van der Waals surface area contributed by atoms with Crippen molar-refractivity contribution in [1.82, 2.24) is 24.6 Å². The molecule has 40 heavy (non-hydrogen) atoms. The Labute approximate surface area is 229 Å².